The second kappa shape index (κ2) is 4.64. The molecule has 1 aliphatic carbocycles. The number of hydrogen-bond donors (Lipinski definition) is 1. The molecular formula is C12H16N4O3. The summed E-state index contributed by atoms with van der Waals surface area (Å²) in [6, 6.07) is 0.399. The zero-order valence-electron chi connectivity index (χ0n) is 10.6. The quantitative estimate of drug-likeness (QED) is 0.700. The van der Waals surface area contributed by atoms with Crippen LogP contribution in [0.5, 0.6) is 0 Å². The SMILES string of the molecule is O=C1CCC(C(=O)N2CCN(C3CC3)C(=O)C2)=NN1. The average molecular weight is 264 g/mol. The van der Waals surface area contributed by atoms with Gasteiger partial charge < -0.3 is 9.80 Å². The first-order valence-electron chi connectivity index (χ1n) is 6.59. The fourth-order valence-electron chi connectivity index (χ4n) is 2.44. The number of nitrogens with zero attached hydrogens (tertiary/aromatic N) is 3. The number of amides is 3. The predicted octanol–water partition coefficient (Wildman–Crippen LogP) is -0.914. The van der Waals surface area contributed by atoms with Gasteiger partial charge in [-0.15, -0.1) is 0 Å². The molecular weight excluding hydrogens is 248 g/mol. The smallest absolute Gasteiger partial charge is 0.270 e. The summed E-state index contributed by atoms with van der Waals surface area (Å²) in [5.74, 6) is -0.391. The molecule has 1 N–H and O–H groups in total. The molecule has 3 aliphatic rings. The van der Waals surface area contributed by atoms with Crippen molar-refractivity contribution in [2.75, 3.05) is 19.6 Å². The van der Waals surface area contributed by atoms with Gasteiger partial charge in [0, 0.05) is 32.0 Å². The lowest BCUT2D eigenvalue weighted by Crippen LogP contribution is -2.54. The Kier molecular flexibility index (Phi) is 2.96. The molecule has 0 radical (unpaired) electrons. The van der Waals surface area contributed by atoms with E-state index in [0.29, 0.717) is 31.3 Å². The molecule has 0 aromatic carbocycles. The zero-order chi connectivity index (χ0) is 13.4. The molecule has 1 saturated carbocycles. The van der Waals surface area contributed by atoms with Crippen LogP contribution in [0, 0.1) is 0 Å². The van der Waals surface area contributed by atoms with E-state index >= 15 is 0 Å². The maximum Gasteiger partial charge on any atom is 0.270 e. The van der Waals surface area contributed by atoms with Gasteiger partial charge in [-0.3, -0.25) is 14.4 Å². The molecule has 19 heavy (non-hydrogen) atoms. The molecule has 102 valence electrons. The Morgan fingerprint density at radius 3 is 2.58 bits per heavy atom. The van der Waals surface area contributed by atoms with Gasteiger partial charge in [0.15, 0.2) is 0 Å². The number of piperazine rings is 1. The number of carbonyl (C=O) groups excluding carboxylic acids is 3. The first-order chi connectivity index (χ1) is 9.15. The zero-order valence-corrected chi connectivity index (χ0v) is 10.6. The highest BCUT2D eigenvalue weighted by atomic mass is 16.2. The van der Waals surface area contributed by atoms with E-state index in [-0.39, 0.29) is 30.7 Å². The van der Waals surface area contributed by atoms with Crippen molar-refractivity contribution in [1.82, 2.24) is 15.2 Å². The third-order valence-corrected chi connectivity index (χ3v) is 3.68. The van der Waals surface area contributed by atoms with Crippen molar-refractivity contribution in [3.63, 3.8) is 0 Å². The Bertz CT molecular complexity index is 470. The van der Waals surface area contributed by atoms with Gasteiger partial charge in [-0.05, 0) is 12.8 Å². The lowest BCUT2D eigenvalue weighted by Gasteiger charge is -2.34. The minimum atomic E-state index is -0.233. The van der Waals surface area contributed by atoms with E-state index in [4.69, 9.17) is 0 Å². The second-order valence-corrected chi connectivity index (χ2v) is 5.14. The van der Waals surface area contributed by atoms with Crippen LogP contribution in [0.25, 0.3) is 0 Å². The van der Waals surface area contributed by atoms with Crippen molar-refractivity contribution in [3.05, 3.63) is 0 Å². The first kappa shape index (κ1) is 12.1. The Morgan fingerprint density at radius 1 is 1.21 bits per heavy atom. The van der Waals surface area contributed by atoms with E-state index in [1.807, 2.05) is 4.90 Å². The van der Waals surface area contributed by atoms with Gasteiger partial charge in [0.25, 0.3) is 5.91 Å². The number of hydrogen-bond acceptors (Lipinski definition) is 4. The van der Waals surface area contributed by atoms with Crippen LogP contribution in [0.15, 0.2) is 5.10 Å². The predicted molar refractivity (Wildman–Crippen MR) is 66.1 cm³/mol. The van der Waals surface area contributed by atoms with E-state index in [1.165, 1.54) is 4.90 Å². The minimum Gasteiger partial charge on any atom is -0.336 e. The Morgan fingerprint density at radius 2 is 2.00 bits per heavy atom. The van der Waals surface area contributed by atoms with Crippen LogP contribution in [0.4, 0.5) is 0 Å². The molecule has 2 fully saturated rings. The standard InChI is InChI=1S/C12H16N4O3/c17-10-4-3-9(13-14-10)12(19)15-5-6-16(8-1-2-8)11(18)7-15/h8H,1-7H2,(H,14,17). The van der Waals surface area contributed by atoms with Crippen LogP contribution in [-0.2, 0) is 14.4 Å². The van der Waals surface area contributed by atoms with Gasteiger partial charge in [0.1, 0.15) is 12.3 Å². The summed E-state index contributed by atoms with van der Waals surface area (Å²) in [5.41, 5.74) is 2.65. The summed E-state index contributed by atoms with van der Waals surface area (Å²) < 4.78 is 0. The Labute approximate surface area is 110 Å². The molecule has 0 aromatic heterocycles. The Hall–Kier alpha value is -1.92. The van der Waals surface area contributed by atoms with Crippen molar-refractivity contribution in [1.29, 1.82) is 0 Å². The largest absolute Gasteiger partial charge is 0.336 e. The highest BCUT2D eigenvalue weighted by Crippen LogP contribution is 2.28. The number of carbonyl (C=O) groups is 3. The molecule has 1 saturated heterocycles. The molecule has 0 spiro atoms. The van der Waals surface area contributed by atoms with Crippen LogP contribution in [0.1, 0.15) is 25.7 Å². The van der Waals surface area contributed by atoms with E-state index in [0.717, 1.165) is 12.8 Å². The molecule has 7 nitrogen and oxygen atoms in total. The first-order valence-corrected chi connectivity index (χ1v) is 6.59. The maximum absolute atomic E-state index is 12.2. The van der Waals surface area contributed by atoms with Gasteiger partial charge in [-0.1, -0.05) is 0 Å². The van der Waals surface area contributed by atoms with Gasteiger partial charge in [0.2, 0.25) is 11.8 Å². The molecule has 3 rings (SSSR count). The van der Waals surface area contributed by atoms with Crippen molar-refractivity contribution >= 4 is 23.4 Å². The molecule has 0 unspecified atom stereocenters. The van der Waals surface area contributed by atoms with E-state index in [1.54, 1.807) is 0 Å². The van der Waals surface area contributed by atoms with Gasteiger partial charge in [-0.2, -0.15) is 5.10 Å². The highest BCUT2D eigenvalue weighted by Gasteiger charge is 2.37. The fraction of sp³-hybridized carbons (Fsp3) is 0.667. The van der Waals surface area contributed by atoms with Crippen LogP contribution in [-0.4, -0.2) is 58.9 Å². The van der Waals surface area contributed by atoms with Gasteiger partial charge in [0.05, 0.1) is 0 Å². The lowest BCUT2D eigenvalue weighted by molar-refractivity contribution is -0.142. The molecule has 0 bridgehead atoms. The summed E-state index contributed by atoms with van der Waals surface area (Å²) in [7, 11) is 0. The second-order valence-electron chi connectivity index (χ2n) is 5.14. The third-order valence-electron chi connectivity index (χ3n) is 3.68. The monoisotopic (exact) mass is 264 g/mol. The number of hydrazone groups is 1. The Balaban J connectivity index is 1.62. The summed E-state index contributed by atoms with van der Waals surface area (Å²) >= 11 is 0. The van der Waals surface area contributed by atoms with E-state index in [2.05, 4.69) is 10.5 Å². The van der Waals surface area contributed by atoms with E-state index < -0.39 is 0 Å². The summed E-state index contributed by atoms with van der Waals surface area (Å²) in [4.78, 5) is 38.5. The molecule has 2 heterocycles. The molecule has 7 heteroatoms. The average Bonchev–Trinajstić information content (AvgIpc) is 3.23. The van der Waals surface area contributed by atoms with Crippen LogP contribution in [0.2, 0.25) is 0 Å². The van der Waals surface area contributed by atoms with Crippen molar-refractivity contribution < 1.29 is 14.4 Å². The van der Waals surface area contributed by atoms with Crippen molar-refractivity contribution in [3.8, 4) is 0 Å². The number of rotatable bonds is 2. The van der Waals surface area contributed by atoms with Gasteiger partial charge >= 0.3 is 0 Å². The molecule has 3 amide bonds. The van der Waals surface area contributed by atoms with Crippen molar-refractivity contribution in [2.45, 2.75) is 31.7 Å². The van der Waals surface area contributed by atoms with E-state index in [9.17, 15) is 14.4 Å². The summed E-state index contributed by atoms with van der Waals surface area (Å²) in [6.45, 7) is 1.28. The van der Waals surface area contributed by atoms with Crippen LogP contribution >= 0.6 is 0 Å². The molecule has 0 aromatic rings. The number of nitrogens with one attached hydrogen (secondary N) is 1. The molecule has 2 aliphatic heterocycles. The minimum absolute atomic E-state index is 0.0162. The van der Waals surface area contributed by atoms with Crippen LogP contribution < -0.4 is 5.43 Å². The fourth-order valence-corrected chi connectivity index (χ4v) is 2.44. The third kappa shape index (κ3) is 2.45. The van der Waals surface area contributed by atoms with Crippen molar-refractivity contribution in [2.24, 2.45) is 5.10 Å². The lowest BCUT2D eigenvalue weighted by atomic mass is 10.1. The normalized spacial score (nSPS) is 24.1. The summed E-state index contributed by atoms with van der Waals surface area (Å²) in [6.07, 6.45) is 2.79. The summed E-state index contributed by atoms with van der Waals surface area (Å²) in [5, 5.41) is 3.78. The van der Waals surface area contributed by atoms with Gasteiger partial charge in [-0.25, -0.2) is 5.43 Å². The maximum atomic E-state index is 12.2. The highest BCUT2D eigenvalue weighted by molar-refractivity contribution is 6.39. The topological polar surface area (TPSA) is 82.1 Å². The molecule has 0 atom stereocenters. The van der Waals surface area contributed by atoms with Crippen LogP contribution in [0.3, 0.4) is 0 Å².